The summed E-state index contributed by atoms with van der Waals surface area (Å²) in [6.45, 7) is 0.420. The summed E-state index contributed by atoms with van der Waals surface area (Å²) in [7, 11) is 0. The van der Waals surface area contributed by atoms with Gasteiger partial charge in [-0.15, -0.1) is 11.3 Å². The van der Waals surface area contributed by atoms with Gasteiger partial charge in [-0.2, -0.15) is 0 Å². The van der Waals surface area contributed by atoms with E-state index in [4.69, 9.17) is 0 Å². The van der Waals surface area contributed by atoms with Crippen molar-refractivity contribution in [3.8, 4) is 0 Å². The molecule has 88 valence electrons. The smallest absolute Gasteiger partial charge is 0.257 e. The molecule has 2 aromatic rings. The fraction of sp³-hybridized carbons (Fsp3) is 0.0909. The van der Waals surface area contributed by atoms with E-state index >= 15 is 0 Å². The van der Waals surface area contributed by atoms with Gasteiger partial charge in [-0.3, -0.25) is 9.59 Å². The minimum Gasteiger partial charge on any atom is -0.367 e. The van der Waals surface area contributed by atoms with Gasteiger partial charge in [-0.05, 0) is 22.0 Å². The summed E-state index contributed by atoms with van der Waals surface area (Å²) in [6.07, 6.45) is 2.90. The third-order valence-corrected chi connectivity index (χ3v) is 3.81. The van der Waals surface area contributed by atoms with Crippen molar-refractivity contribution >= 4 is 33.2 Å². The first-order chi connectivity index (χ1) is 8.16. The van der Waals surface area contributed by atoms with Crippen LogP contribution in [0.3, 0.4) is 0 Å². The zero-order valence-electron chi connectivity index (χ0n) is 8.70. The Labute approximate surface area is 110 Å². The molecule has 0 saturated heterocycles. The second-order valence-corrected chi connectivity index (χ2v) is 5.25. The molecular formula is C11H9BrN2O2S. The van der Waals surface area contributed by atoms with Gasteiger partial charge >= 0.3 is 0 Å². The molecule has 0 spiro atoms. The number of rotatable bonds is 3. The summed E-state index contributed by atoms with van der Waals surface area (Å²) in [5.41, 5.74) is -0.156. The number of carbonyl (C=O) groups is 1. The second-order valence-electron chi connectivity index (χ2n) is 3.34. The Hall–Kier alpha value is -1.40. The van der Waals surface area contributed by atoms with Crippen LogP contribution in [0.15, 0.2) is 39.2 Å². The van der Waals surface area contributed by atoms with E-state index in [0.29, 0.717) is 6.54 Å². The molecule has 2 rings (SSSR count). The third kappa shape index (κ3) is 3.04. The Bertz CT molecular complexity index is 591. The minimum atomic E-state index is -0.364. The first-order valence-corrected chi connectivity index (χ1v) is 6.52. The number of thiophene rings is 1. The quantitative estimate of drug-likeness (QED) is 0.912. The van der Waals surface area contributed by atoms with Crippen molar-refractivity contribution in [1.29, 1.82) is 0 Å². The average molecular weight is 313 g/mol. The fourth-order valence-electron chi connectivity index (χ4n) is 1.30. The van der Waals surface area contributed by atoms with E-state index in [1.807, 2.05) is 11.4 Å². The summed E-state index contributed by atoms with van der Waals surface area (Å²) >= 11 is 4.88. The lowest BCUT2D eigenvalue weighted by atomic mass is 10.2. The number of pyridine rings is 1. The molecular weight excluding hydrogens is 304 g/mol. The van der Waals surface area contributed by atoms with Crippen molar-refractivity contribution in [3.05, 3.63) is 55.0 Å². The Morgan fingerprint density at radius 1 is 1.53 bits per heavy atom. The van der Waals surface area contributed by atoms with Crippen LogP contribution < -0.4 is 10.7 Å². The highest BCUT2D eigenvalue weighted by atomic mass is 79.9. The van der Waals surface area contributed by atoms with Crippen LogP contribution in [0, 0.1) is 0 Å². The van der Waals surface area contributed by atoms with Gasteiger partial charge < -0.3 is 10.3 Å². The molecule has 0 aromatic carbocycles. The Morgan fingerprint density at radius 3 is 3.00 bits per heavy atom. The molecule has 0 radical (unpaired) electrons. The van der Waals surface area contributed by atoms with Crippen LogP contribution in [0.2, 0.25) is 0 Å². The van der Waals surface area contributed by atoms with Crippen LogP contribution in [0.1, 0.15) is 15.2 Å². The van der Waals surface area contributed by atoms with E-state index in [1.165, 1.54) is 18.5 Å². The van der Waals surface area contributed by atoms with Crippen molar-refractivity contribution in [1.82, 2.24) is 10.3 Å². The number of hydrogen-bond acceptors (Lipinski definition) is 3. The van der Waals surface area contributed by atoms with Crippen molar-refractivity contribution in [2.45, 2.75) is 6.54 Å². The lowest BCUT2D eigenvalue weighted by Crippen LogP contribution is -2.27. The maximum absolute atomic E-state index is 11.7. The zero-order valence-corrected chi connectivity index (χ0v) is 11.1. The molecule has 1 amide bonds. The van der Waals surface area contributed by atoms with Gasteiger partial charge in [-0.1, -0.05) is 0 Å². The van der Waals surface area contributed by atoms with Crippen molar-refractivity contribution in [3.63, 3.8) is 0 Å². The largest absolute Gasteiger partial charge is 0.367 e. The van der Waals surface area contributed by atoms with Crippen molar-refractivity contribution < 1.29 is 4.79 Å². The lowest BCUT2D eigenvalue weighted by molar-refractivity contribution is 0.0950. The van der Waals surface area contributed by atoms with Crippen molar-refractivity contribution in [2.75, 3.05) is 0 Å². The van der Waals surface area contributed by atoms with Crippen LogP contribution in [-0.4, -0.2) is 10.9 Å². The average Bonchev–Trinajstić information content (AvgIpc) is 2.73. The molecule has 6 heteroatoms. The number of aromatic nitrogens is 1. The highest BCUT2D eigenvalue weighted by Crippen LogP contribution is 2.19. The Balaban J connectivity index is 2.03. The number of hydrogen-bond donors (Lipinski definition) is 2. The van der Waals surface area contributed by atoms with Crippen molar-refractivity contribution in [2.24, 2.45) is 0 Å². The van der Waals surface area contributed by atoms with E-state index in [-0.39, 0.29) is 16.9 Å². The topological polar surface area (TPSA) is 62.0 Å². The van der Waals surface area contributed by atoms with Crippen LogP contribution in [-0.2, 0) is 6.54 Å². The molecule has 0 bridgehead atoms. The zero-order chi connectivity index (χ0) is 12.3. The van der Waals surface area contributed by atoms with E-state index in [9.17, 15) is 9.59 Å². The molecule has 2 N–H and O–H groups in total. The summed E-state index contributed by atoms with van der Waals surface area (Å²) in [4.78, 5) is 26.8. The van der Waals surface area contributed by atoms with E-state index in [2.05, 4.69) is 26.2 Å². The molecule has 0 aliphatic rings. The van der Waals surface area contributed by atoms with Gasteiger partial charge in [0.1, 0.15) is 5.56 Å². The molecule has 0 fully saturated rings. The molecule has 2 heterocycles. The number of halogens is 1. The maximum Gasteiger partial charge on any atom is 0.257 e. The summed E-state index contributed by atoms with van der Waals surface area (Å²) in [5.74, 6) is -0.364. The third-order valence-electron chi connectivity index (χ3n) is 2.11. The molecule has 0 saturated carbocycles. The van der Waals surface area contributed by atoms with E-state index < -0.39 is 0 Å². The summed E-state index contributed by atoms with van der Waals surface area (Å²) in [5, 5.41) is 4.64. The highest BCUT2D eigenvalue weighted by molar-refractivity contribution is 9.10. The Morgan fingerprint density at radius 2 is 2.35 bits per heavy atom. The van der Waals surface area contributed by atoms with Gasteiger partial charge in [-0.25, -0.2) is 0 Å². The van der Waals surface area contributed by atoms with Crippen LogP contribution in [0.5, 0.6) is 0 Å². The van der Waals surface area contributed by atoms with Crippen LogP contribution in [0.25, 0.3) is 0 Å². The Kier molecular flexibility index (Phi) is 3.75. The molecule has 4 nitrogen and oxygen atoms in total. The second kappa shape index (κ2) is 5.29. The minimum absolute atomic E-state index is 0.128. The van der Waals surface area contributed by atoms with Crippen LogP contribution >= 0.6 is 27.3 Å². The molecule has 0 atom stereocenters. The van der Waals surface area contributed by atoms with Gasteiger partial charge in [0.05, 0.1) is 6.54 Å². The SMILES string of the molecule is O=C(NCc1cc(Br)cs1)c1c[nH]ccc1=O. The molecule has 0 unspecified atom stereocenters. The number of amides is 1. The van der Waals surface area contributed by atoms with Crippen LogP contribution in [0.4, 0.5) is 0 Å². The number of nitrogens with one attached hydrogen (secondary N) is 2. The predicted molar refractivity (Wildman–Crippen MR) is 70.3 cm³/mol. The van der Waals surface area contributed by atoms with E-state index in [0.717, 1.165) is 9.35 Å². The standard InChI is InChI=1S/C11H9BrN2O2S/c12-7-3-8(17-6-7)4-14-11(16)9-5-13-2-1-10(9)15/h1-3,5-6H,4H2,(H,13,15)(H,14,16). The normalized spacial score (nSPS) is 10.2. The van der Waals surface area contributed by atoms with Gasteiger partial charge in [0.25, 0.3) is 5.91 Å². The first-order valence-electron chi connectivity index (χ1n) is 4.85. The fourth-order valence-corrected chi connectivity index (χ4v) is 2.69. The lowest BCUT2D eigenvalue weighted by Gasteiger charge is -2.02. The first kappa shape index (κ1) is 12.1. The monoisotopic (exact) mass is 312 g/mol. The van der Waals surface area contributed by atoms with Gasteiger partial charge in [0.15, 0.2) is 5.43 Å². The molecule has 2 aromatic heterocycles. The van der Waals surface area contributed by atoms with Gasteiger partial charge in [0, 0.05) is 33.2 Å². The number of H-pyrrole nitrogens is 1. The number of aromatic amines is 1. The van der Waals surface area contributed by atoms with E-state index in [1.54, 1.807) is 11.3 Å². The molecule has 17 heavy (non-hydrogen) atoms. The van der Waals surface area contributed by atoms with Gasteiger partial charge in [0.2, 0.25) is 0 Å². The predicted octanol–water partition coefficient (Wildman–Crippen LogP) is 2.13. The maximum atomic E-state index is 11.7. The highest BCUT2D eigenvalue weighted by Gasteiger charge is 2.09. The molecule has 0 aliphatic heterocycles. The summed E-state index contributed by atoms with van der Waals surface area (Å²) < 4.78 is 0.990. The number of carbonyl (C=O) groups excluding carboxylic acids is 1. The molecule has 0 aliphatic carbocycles. The summed E-state index contributed by atoms with van der Waals surface area (Å²) in [6, 6.07) is 3.26.